The summed E-state index contributed by atoms with van der Waals surface area (Å²) in [6.07, 6.45) is 0. The van der Waals surface area contributed by atoms with Crippen molar-refractivity contribution in [3.05, 3.63) is 62.1 Å². The number of hydrogen-bond acceptors (Lipinski definition) is 8. The van der Waals surface area contributed by atoms with Crippen molar-refractivity contribution in [3.63, 3.8) is 0 Å². The average molecular weight is 558 g/mol. The van der Waals surface area contributed by atoms with Crippen LogP contribution < -0.4 is 21.2 Å². The van der Waals surface area contributed by atoms with E-state index in [2.05, 4.69) is 15.4 Å². The number of hydrazone groups is 1. The first kappa shape index (κ1) is 25.9. The van der Waals surface area contributed by atoms with Gasteiger partial charge in [-0.25, -0.2) is 13.6 Å². The van der Waals surface area contributed by atoms with Gasteiger partial charge in [0.2, 0.25) is 5.96 Å². The Morgan fingerprint density at radius 1 is 0.921 bits per heavy atom. The van der Waals surface area contributed by atoms with E-state index in [1.807, 2.05) is 0 Å². The fraction of sp³-hybridized carbons (Fsp3) is 0.182. The highest BCUT2D eigenvalue weighted by molar-refractivity contribution is 7.84. The monoisotopic (exact) mass is 557 g/mol. The topological polar surface area (TPSA) is 181 Å². The van der Waals surface area contributed by atoms with Crippen molar-refractivity contribution < 1.29 is 25.9 Å². The first-order valence-corrected chi connectivity index (χ1v) is 13.9. The Balaban J connectivity index is 1.79. The van der Waals surface area contributed by atoms with Gasteiger partial charge in [-0.3, -0.25) is 19.1 Å². The second-order valence-corrected chi connectivity index (χ2v) is 11.0. The lowest BCUT2D eigenvalue weighted by molar-refractivity contribution is 0.428. The van der Waals surface area contributed by atoms with Gasteiger partial charge in [-0.1, -0.05) is 48.5 Å². The average Bonchev–Trinajstić information content (AvgIpc) is 3.51. The predicted molar refractivity (Wildman–Crippen MR) is 141 cm³/mol. The van der Waals surface area contributed by atoms with E-state index < -0.39 is 20.6 Å². The smallest absolute Gasteiger partial charge is 0.352 e. The number of hydrogen-bond donors (Lipinski definition) is 3. The van der Waals surface area contributed by atoms with Crippen molar-refractivity contribution in [2.75, 3.05) is 36.2 Å². The third kappa shape index (κ3) is 4.67. The maximum atomic E-state index is 12.0. The van der Waals surface area contributed by atoms with Gasteiger partial charge >= 0.3 is 20.6 Å². The number of aliphatic imine (C=N–C) groups is 1. The molecule has 0 unspecified atom stereocenters. The fourth-order valence-electron chi connectivity index (χ4n) is 4.49. The zero-order chi connectivity index (χ0) is 27.2. The van der Waals surface area contributed by atoms with E-state index in [9.17, 15) is 31.8 Å². The second-order valence-electron chi connectivity index (χ2n) is 8.30. The van der Waals surface area contributed by atoms with Crippen LogP contribution in [0, 0.1) is 13.6 Å². The SMILES string of the molecule is [CH]N([N])c1c2ccccc2c(N([CH]C2=NCCN2S(=O)(=O)O)N=C2NCCN2S(=O)(=O)O)c2ccccc12. The van der Waals surface area contributed by atoms with Crippen LogP contribution in [0.2, 0.25) is 0 Å². The number of benzene rings is 3. The molecule has 3 aromatic rings. The Bertz CT molecular complexity index is 1630. The highest BCUT2D eigenvalue weighted by atomic mass is 32.2. The minimum absolute atomic E-state index is 0.0680. The van der Waals surface area contributed by atoms with Gasteiger partial charge in [0.15, 0.2) is 0 Å². The van der Waals surface area contributed by atoms with Gasteiger partial charge in [-0.2, -0.15) is 16.8 Å². The minimum atomic E-state index is -4.68. The van der Waals surface area contributed by atoms with Gasteiger partial charge in [-0.05, 0) is 5.84 Å². The zero-order valence-corrected chi connectivity index (χ0v) is 21.2. The molecule has 2 aliphatic heterocycles. The van der Waals surface area contributed by atoms with Gasteiger partial charge in [0.1, 0.15) is 12.4 Å². The van der Waals surface area contributed by atoms with Gasteiger partial charge in [0.05, 0.1) is 38.1 Å². The molecule has 1 fully saturated rings. The highest BCUT2D eigenvalue weighted by Crippen LogP contribution is 2.43. The van der Waals surface area contributed by atoms with Gasteiger partial charge in [0, 0.05) is 28.1 Å². The molecule has 1 saturated heterocycles. The van der Waals surface area contributed by atoms with Crippen LogP contribution in [-0.2, 0) is 20.6 Å². The molecular formula is C22H21N8O6S2. The number of fused-ring (bicyclic) bond motifs is 2. The molecule has 16 heteroatoms. The Morgan fingerprint density at radius 3 is 1.95 bits per heavy atom. The highest BCUT2D eigenvalue weighted by Gasteiger charge is 2.33. The van der Waals surface area contributed by atoms with E-state index in [1.54, 1.807) is 48.5 Å². The molecule has 0 atom stereocenters. The normalized spacial score (nSPS) is 17.4. The Labute approximate surface area is 219 Å². The standard InChI is InChI=1S/C22H21N8O6S2/c1-27(23)20-15-6-2-4-8-17(15)21(18-9-5-3-7-16(18)20)28(14-19-24-10-12-29(19)37(31,32)33)26-22-25-11-13-30(22)38(34,35)36/h1-9,14H,10-13H2,(H,25,26)(H,31,32,33)(H,34,35,36). The number of nitrogens with one attached hydrogen (secondary N) is 1. The summed E-state index contributed by atoms with van der Waals surface area (Å²) in [5.74, 6) is 9.89. The van der Waals surface area contributed by atoms with Crippen molar-refractivity contribution in [1.29, 1.82) is 0 Å². The number of amidine groups is 1. The van der Waals surface area contributed by atoms with Crippen LogP contribution in [0.25, 0.3) is 21.5 Å². The summed E-state index contributed by atoms with van der Waals surface area (Å²) >= 11 is 0. The summed E-state index contributed by atoms with van der Waals surface area (Å²) in [6, 6.07) is 13.8. The van der Waals surface area contributed by atoms with E-state index in [4.69, 9.17) is 7.05 Å². The molecule has 0 saturated carbocycles. The van der Waals surface area contributed by atoms with E-state index in [0.29, 0.717) is 40.9 Å². The predicted octanol–water partition coefficient (Wildman–Crippen LogP) is 0.916. The third-order valence-electron chi connectivity index (χ3n) is 6.00. The molecule has 38 heavy (non-hydrogen) atoms. The Kier molecular flexibility index (Phi) is 6.52. The molecule has 5 radical (unpaired) electrons. The fourth-order valence-corrected chi connectivity index (χ4v) is 5.79. The third-order valence-corrected chi connectivity index (χ3v) is 7.84. The second kappa shape index (κ2) is 9.55. The van der Waals surface area contributed by atoms with E-state index in [-0.39, 0.29) is 43.7 Å². The maximum absolute atomic E-state index is 12.0. The molecule has 2 heterocycles. The summed E-state index contributed by atoms with van der Waals surface area (Å²) in [4.78, 5) is 4.16. The van der Waals surface area contributed by atoms with Crippen LogP contribution in [0.4, 0.5) is 11.4 Å². The largest absolute Gasteiger partial charge is 0.362 e. The molecule has 2 aliphatic rings. The summed E-state index contributed by atoms with van der Waals surface area (Å²) in [6.45, 7) is 1.23. The quantitative estimate of drug-likeness (QED) is 0.125. The molecule has 0 aliphatic carbocycles. The molecule has 0 spiro atoms. The van der Waals surface area contributed by atoms with Crippen molar-refractivity contribution >= 4 is 65.3 Å². The van der Waals surface area contributed by atoms with Crippen LogP contribution in [0.1, 0.15) is 0 Å². The number of nitrogens with zero attached hydrogens (tertiary/aromatic N) is 7. The lowest BCUT2D eigenvalue weighted by Gasteiger charge is -2.27. The molecule has 3 N–H and O–H groups in total. The van der Waals surface area contributed by atoms with E-state index in [1.165, 1.54) is 11.6 Å². The van der Waals surface area contributed by atoms with Crippen molar-refractivity contribution in [2.24, 2.45) is 10.1 Å². The zero-order valence-electron chi connectivity index (χ0n) is 19.6. The van der Waals surface area contributed by atoms with E-state index >= 15 is 0 Å². The van der Waals surface area contributed by atoms with Crippen LogP contribution in [-0.4, -0.2) is 72.5 Å². The summed E-state index contributed by atoms with van der Waals surface area (Å²) in [5, 5.41) is 10.9. The van der Waals surface area contributed by atoms with Crippen molar-refractivity contribution in [2.45, 2.75) is 0 Å². The number of anilines is 2. The van der Waals surface area contributed by atoms with Gasteiger partial charge in [-0.15, -0.1) is 5.10 Å². The first-order chi connectivity index (χ1) is 18.0. The van der Waals surface area contributed by atoms with E-state index in [0.717, 1.165) is 0 Å². The first-order valence-electron chi connectivity index (χ1n) is 11.2. The molecule has 0 amide bonds. The molecule has 0 aromatic heterocycles. The van der Waals surface area contributed by atoms with Crippen molar-refractivity contribution in [1.82, 2.24) is 19.8 Å². The lowest BCUT2D eigenvalue weighted by Crippen LogP contribution is -2.40. The maximum Gasteiger partial charge on any atom is 0.362 e. The summed E-state index contributed by atoms with van der Waals surface area (Å²) in [7, 11) is -3.57. The van der Waals surface area contributed by atoms with Crippen molar-refractivity contribution in [3.8, 4) is 0 Å². The van der Waals surface area contributed by atoms with Gasteiger partial charge in [0.25, 0.3) is 0 Å². The van der Waals surface area contributed by atoms with Crippen LogP contribution in [0.15, 0.2) is 58.6 Å². The molecule has 5 rings (SSSR count). The molecule has 0 bridgehead atoms. The summed E-state index contributed by atoms with van der Waals surface area (Å²) < 4.78 is 68.7. The number of rotatable bonds is 7. The molecule has 197 valence electrons. The molecular weight excluding hydrogens is 536 g/mol. The Hall–Kier alpha value is -3.70. The molecule has 14 nitrogen and oxygen atoms in total. The van der Waals surface area contributed by atoms with Crippen LogP contribution in [0.3, 0.4) is 0 Å². The van der Waals surface area contributed by atoms with Gasteiger partial charge < -0.3 is 5.32 Å². The summed E-state index contributed by atoms with van der Waals surface area (Å²) in [5.41, 5.74) is 0.632. The van der Waals surface area contributed by atoms with Crippen LogP contribution >= 0.6 is 0 Å². The lowest BCUT2D eigenvalue weighted by atomic mass is 9.97. The Morgan fingerprint density at radius 2 is 1.45 bits per heavy atom. The minimum Gasteiger partial charge on any atom is -0.352 e. The van der Waals surface area contributed by atoms with Crippen LogP contribution in [0.5, 0.6) is 0 Å². The molecule has 3 aromatic carbocycles. The number of guanidine groups is 1.